The Morgan fingerprint density at radius 1 is 1.31 bits per heavy atom. The second kappa shape index (κ2) is 3.73. The molecule has 0 saturated carbocycles. The van der Waals surface area contributed by atoms with E-state index in [1.54, 1.807) is 13.8 Å². The fourth-order valence-electron chi connectivity index (χ4n) is 1.46. The van der Waals surface area contributed by atoms with E-state index in [1.165, 1.54) is 12.4 Å². The largest absolute Gasteiger partial charge is 0.475 e. The van der Waals surface area contributed by atoms with Crippen LogP contribution in [0, 0.1) is 13.8 Å². The van der Waals surface area contributed by atoms with Crippen LogP contribution in [0.25, 0.3) is 11.1 Å². The lowest BCUT2D eigenvalue weighted by Crippen LogP contribution is -2.03. The Morgan fingerprint density at radius 2 is 1.94 bits per heavy atom. The van der Waals surface area contributed by atoms with Crippen LogP contribution in [0.1, 0.15) is 22.1 Å². The molecule has 1 N–H and O–H groups in total. The Morgan fingerprint density at radius 3 is 2.38 bits per heavy atom. The minimum absolute atomic E-state index is 0.226. The van der Waals surface area contributed by atoms with Crippen LogP contribution < -0.4 is 0 Å². The first-order chi connectivity index (χ1) is 7.59. The van der Waals surface area contributed by atoms with Crippen molar-refractivity contribution < 1.29 is 14.4 Å². The van der Waals surface area contributed by atoms with Gasteiger partial charge in [0.1, 0.15) is 5.76 Å². The monoisotopic (exact) mass is 219 g/mol. The summed E-state index contributed by atoms with van der Waals surface area (Å²) in [7, 11) is 0. The van der Waals surface area contributed by atoms with Crippen LogP contribution in [-0.4, -0.2) is 26.2 Å². The van der Waals surface area contributed by atoms with E-state index in [2.05, 4.69) is 15.1 Å². The zero-order valence-electron chi connectivity index (χ0n) is 8.76. The van der Waals surface area contributed by atoms with Gasteiger partial charge in [-0.1, -0.05) is 5.16 Å². The van der Waals surface area contributed by atoms with Gasteiger partial charge in [0, 0.05) is 18.0 Å². The van der Waals surface area contributed by atoms with E-state index >= 15 is 0 Å². The molecule has 0 fully saturated rings. The third-order valence-corrected chi connectivity index (χ3v) is 2.17. The normalized spacial score (nSPS) is 10.4. The van der Waals surface area contributed by atoms with Crippen molar-refractivity contribution in [3.63, 3.8) is 0 Å². The molecule has 2 rings (SSSR count). The molecule has 0 atom stereocenters. The third kappa shape index (κ3) is 1.65. The van der Waals surface area contributed by atoms with Gasteiger partial charge in [0.05, 0.1) is 11.3 Å². The molecule has 0 bridgehead atoms. The zero-order chi connectivity index (χ0) is 11.7. The number of hydrogen-bond acceptors (Lipinski definition) is 5. The summed E-state index contributed by atoms with van der Waals surface area (Å²) in [6.07, 6.45) is 2.89. The van der Waals surface area contributed by atoms with Crippen LogP contribution in [-0.2, 0) is 0 Å². The molecule has 0 aliphatic heterocycles. The molecular formula is C10H9N3O3. The molecule has 0 unspecified atom stereocenters. The number of rotatable bonds is 2. The SMILES string of the molecule is Cc1noc(C)c1-c1cnc(C(=O)O)nc1. The fourth-order valence-corrected chi connectivity index (χ4v) is 1.46. The highest BCUT2D eigenvalue weighted by Gasteiger charge is 2.13. The van der Waals surface area contributed by atoms with E-state index in [0.717, 1.165) is 11.3 Å². The molecule has 0 aliphatic rings. The number of hydrogen-bond donors (Lipinski definition) is 1. The summed E-state index contributed by atoms with van der Waals surface area (Å²) >= 11 is 0. The predicted molar refractivity (Wildman–Crippen MR) is 54.0 cm³/mol. The molecule has 0 spiro atoms. The van der Waals surface area contributed by atoms with Gasteiger partial charge in [0.25, 0.3) is 0 Å². The quantitative estimate of drug-likeness (QED) is 0.822. The molecule has 82 valence electrons. The van der Waals surface area contributed by atoms with Crippen LogP contribution in [0.2, 0.25) is 0 Å². The Hall–Kier alpha value is -2.24. The van der Waals surface area contributed by atoms with Gasteiger partial charge in [-0.15, -0.1) is 0 Å². The average molecular weight is 219 g/mol. The summed E-state index contributed by atoms with van der Waals surface area (Å²) in [6, 6.07) is 0. The van der Waals surface area contributed by atoms with Gasteiger partial charge in [-0.25, -0.2) is 14.8 Å². The van der Waals surface area contributed by atoms with E-state index in [0.29, 0.717) is 11.3 Å². The standard InChI is InChI=1S/C10H9N3O3/c1-5-8(6(2)16-13-5)7-3-11-9(10(14)15)12-4-7/h3-4H,1-2H3,(H,14,15). The molecule has 6 heteroatoms. The average Bonchev–Trinajstić information content (AvgIpc) is 2.59. The molecule has 16 heavy (non-hydrogen) atoms. The minimum Gasteiger partial charge on any atom is -0.475 e. The van der Waals surface area contributed by atoms with Crippen molar-refractivity contribution in [2.24, 2.45) is 0 Å². The molecule has 0 aromatic carbocycles. The topological polar surface area (TPSA) is 89.1 Å². The summed E-state index contributed by atoms with van der Waals surface area (Å²) in [5.41, 5.74) is 2.22. The van der Waals surface area contributed by atoms with Crippen LogP contribution in [0.15, 0.2) is 16.9 Å². The maximum atomic E-state index is 10.6. The van der Waals surface area contributed by atoms with Crippen LogP contribution in [0.4, 0.5) is 0 Å². The number of aromatic nitrogens is 3. The highest BCUT2D eigenvalue weighted by atomic mass is 16.5. The Balaban J connectivity index is 2.46. The Kier molecular flexibility index (Phi) is 2.40. The van der Waals surface area contributed by atoms with Gasteiger partial charge < -0.3 is 9.63 Å². The zero-order valence-corrected chi connectivity index (χ0v) is 8.76. The minimum atomic E-state index is -1.15. The number of carbonyl (C=O) groups is 1. The molecular weight excluding hydrogens is 210 g/mol. The maximum absolute atomic E-state index is 10.6. The summed E-state index contributed by atoms with van der Waals surface area (Å²) in [6.45, 7) is 3.58. The van der Waals surface area contributed by atoms with E-state index in [1.807, 2.05) is 0 Å². The Labute approximate surface area is 90.9 Å². The molecule has 2 heterocycles. The first-order valence-corrected chi connectivity index (χ1v) is 4.58. The second-order valence-corrected chi connectivity index (χ2v) is 3.30. The van der Waals surface area contributed by atoms with E-state index < -0.39 is 5.97 Å². The van der Waals surface area contributed by atoms with Crippen molar-refractivity contribution >= 4 is 5.97 Å². The van der Waals surface area contributed by atoms with Crippen LogP contribution in [0.5, 0.6) is 0 Å². The van der Waals surface area contributed by atoms with Gasteiger partial charge >= 0.3 is 5.97 Å². The lowest BCUT2D eigenvalue weighted by atomic mass is 10.1. The molecule has 6 nitrogen and oxygen atoms in total. The number of carboxylic acid groups (broad SMARTS) is 1. The van der Waals surface area contributed by atoms with Gasteiger partial charge in [0.15, 0.2) is 0 Å². The molecule has 2 aromatic rings. The van der Waals surface area contributed by atoms with Crippen molar-refractivity contribution in [2.45, 2.75) is 13.8 Å². The number of carboxylic acids is 1. The summed E-state index contributed by atoms with van der Waals surface area (Å²) < 4.78 is 5.01. The summed E-state index contributed by atoms with van der Waals surface area (Å²) in [5.74, 6) is -0.718. The van der Waals surface area contributed by atoms with Crippen LogP contribution in [0.3, 0.4) is 0 Å². The van der Waals surface area contributed by atoms with Crippen molar-refractivity contribution in [3.05, 3.63) is 29.7 Å². The lowest BCUT2D eigenvalue weighted by molar-refractivity contribution is 0.0683. The first-order valence-electron chi connectivity index (χ1n) is 4.58. The van der Waals surface area contributed by atoms with Crippen molar-refractivity contribution in [1.82, 2.24) is 15.1 Å². The van der Waals surface area contributed by atoms with Crippen molar-refractivity contribution in [1.29, 1.82) is 0 Å². The van der Waals surface area contributed by atoms with E-state index in [4.69, 9.17) is 9.63 Å². The van der Waals surface area contributed by atoms with E-state index in [9.17, 15) is 4.79 Å². The molecule has 0 amide bonds. The number of nitrogens with zero attached hydrogens (tertiary/aromatic N) is 3. The highest BCUT2D eigenvalue weighted by Crippen LogP contribution is 2.25. The van der Waals surface area contributed by atoms with Gasteiger partial charge in [-0.2, -0.15) is 0 Å². The fraction of sp³-hybridized carbons (Fsp3) is 0.200. The van der Waals surface area contributed by atoms with E-state index in [-0.39, 0.29) is 5.82 Å². The van der Waals surface area contributed by atoms with Crippen molar-refractivity contribution in [2.75, 3.05) is 0 Å². The predicted octanol–water partition coefficient (Wildman–Crippen LogP) is 1.45. The lowest BCUT2D eigenvalue weighted by Gasteiger charge is -1.99. The van der Waals surface area contributed by atoms with Gasteiger partial charge in [0.2, 0.25) is 5.82 Å². The summed E-state index contributed by atoms with van der Waals surface area (Å²) in [4.78, 5) is 18.0. The third-order valence-electron chi connectivity index (χ3n) is 2.17. The van der Waals surface area contributed by atoms with Gasteiger partial charge in [-0.05, 0) is 13.8 Å². The number of aryl methyl sites for hydroxylation is 2. The molecule has 0 aliphatic carbocycles. The van der Waals surface area contributed by atoms with Gasteiger partial charge in [-0.3, -0.25) is 0 Å². The molecule has 0 radical (unpaired) electrons. The molecule has 0 saturated heterocycles. The highest BCUT2D eigenvalue weighted by molar-refractivity contribution is 5.83. The summed E-state index contributed by atoms with van der Waals surface area (Å²) in [5, 5.41) is 12.5. The second-order valence-electron chi connectivity index (χ2n) is 3.30. The van der Waals surface area contributed by atoms with Crippen LogP contribution >= 0.6 is 0 Å². The van der Waals surface area contributed by atoms with Crippen molar-refractivity contribution in [3.8, 4) is 11.1 Å². The number of aromatic carboxylic acids is 1. The first kappa shape index (κ1) is 10.3. The maximum Gasteiger partial charge on any atom is 0.373 e. The smallest absolute Gasteiger partial charge is 0.373 e. The molecule has 2 aromatic heterocycles. The Bertz CT molecular complexity index is 511.